The van der Waals surface area contributed by atoms with Crippen molar-refractivity contribution in [1.29, 1.82) is 0 Å². The van der Waals surface area contributed by atoms with Gasteiger partial charge in [0.25, 0.3) is 0 Å². The number of hydrogen-bond acceptors (Lipinski definition) is 3. The van der Waals surface area contributed by atoms with E-state index in [1.54, 1.807) is 12.3 Å². The molecule has 0 heterocycles. The second-order valence-electron chi connectivity index (χ2n) is 5.97. The average molecular weight is 387 g/mol. The molecular formula is C23H22N4S. The van der Waals surface area contributed by atoms with Crippen molar-refractivity contribution in [2.45, 2.75) is 0 Å². The van der Waals surface area contributed by atoms with Gasteiger partial charge >= 0.3 is 0 Å². The minimum atomic E-state index is 0.465. The molecule has 0 unspecified atom stereocenters. The number of rotatable bonds is 7. The van der Waals surface area contributed by atoms with E-state index in [9.17, 15) is 0 Å². The first-order chi connectivity index (χ1) is 13.8. The summed E-state index contributed by atoms with van der Waals surface area (Å²) >= 11 is 5.11. The Bertz CT molecular complexity index is 882. The first-order valence-electron chi connectivity index (χ1n) is 8.96. The zero-order valence-corrected chi connectivity index (χ0v) is 16.3. The summed E-state index contributed by atoms with van der Waals surface area (Å²) in [6.45, 7) is 4.24. The Labute approximate surface area is 171 Å². The number of para-hydroxylation sites is 2. The van der Waals surface area contributed by atoms with Gasteiger partial charge in [-0.3, -0.25) is 5.43 Å². The second-order valence-corrected chi connectivity index (χ2v) is 6.37. The van der Waals surface area contributed by atoms with Crippen LogP contribution in [0.5, 0.6) is 0 Å². The van der Waals surface area contributed by atoms with Gasteiger partial charge in [0, 0.05) is 23.6 Å². The van der Waals surface area contributed by atoms with E-state index >= 15 is 0 Å². The van der Waals surface area contributed by atoms with Gasteiger partial charge < -0.3 is 10.2 Å². The van der Waals surface area contributed by atoms with Crippen molar-refractivity contribution in [2.75, 3.05) is 11.4 Å². The van der Waals surface area contributed by atoms with Crippen LogP contribution in [0.2, 0.25) is 0 Å². The molecule has 28 heavy (non-hydrogen) atoms. The van der Waals surface area contributed by atoms with Crippen molar-refractivity contribution < 1.29 is 0 Å². The van der Waals surface area contributed by atoms with E-state index in [0.717, 1.165) is 22.6 Å². The summed E-state index contributed by atoms with van der Waals surface area (Å²) in [5, 5.41) is 7.58. The molecule has 0 saturated heterocycles. The summed E-state index contributed by atoms with van der Waals surface area (Å²) in [5.41, 5.74) is 7.05. The van der Waals surface area contributed by atoms with Gasteiger partial charge in [-0.15, -0.1) is 6.58 Å². The van der Waals surface area contributed by atoms with E-state index in [2.05, 4.69) is 63.7 Å². The Morgan fingerprint density at radius 2 is 1.39 bits per heavy atom. The summed E-state index contributed by atoms with van der Waals surface area (Å²) in [7, 11) is 0. The maximum Gasteiger partial charge on any atom is 0.187 e. The highest BCUT2D eigenvalue weighted by Crippen LogP contribution is 2.33. The van der Waals surface area contributed by atoms with Gasteiger partial charge in [-0.05, 0) is 54.2 Å². The molecule has 0 aromatic heterocycles. The normalized spacial score (nSPS) is 10.4. The fourth-order valence-electron chi connectivity index (χ4n) is 2.68. The largest absolute Gasteiger partial charge is 0.358 e. The Kier molecular flexibility index (Phi) is 6.93. The molecule has 0 aliphatic carbocycles. The van der Waals surface area contributed by atoms with E-state index in [4.69, 9.17) is 12.2 Å². The van der Waals surface area contributed by atoms with Crippen molar-refractivity contribution in [2.24, 2.45) is 5.10 Å². The van der Waals surface area contributed by atoms with Gasteiger partial charge in [0.2, 0.25) is 0 Å². The number of hydrogen-bond donors (Lipinski definition) is 2. The molecule has 0 amide bonds. The standard InChI is InChI=1S/C23H22N4S/c1-2-17-24-23(28)26-25-18-19-13-15-22(16-14-19)27(20-9-5-3-6-10-20)21-11-7-4-8-12-21/h2-16,18H,1,17H2,(H2,24,26,28). The quantitative estimate of drug-likeness (QED) is 0.255. The highest BCUT2D eigenvalue weighted by atomic mass is 32.1. The van der Waals surface area contributed by atoms with Gasteiger partial charge in [0.1, 0.15) is 0 Å². The van der Waals surface area contributed by atoms with Crippen LogP contribution in [0.1, 0.15) is 5.56 Å². The van der Waals surface area contributed by atoms with Crippen molar-refractivity contribution in [1.82, 2.24) is 10.7 Å². The number of nitrogens with one attached hydrogen (secondary N) is 2. The lowest BCUT2D eigenvalue weighted by molar-refractivity contribution is 0.942. The third-order valence-electron chi connectivity index (χ3n) is 3.97. The highest BCUT2D eigenvalue weighted by Gasteiger charge is 2.11. The third kappa shape index (κ3) is 5.28. The molecule has 2 N–H and O–H groups in total. The fraction of sp³-hybridized carbons (Fsp3) is 0.0435. The number of benzene rings is 3. The van der Waals surface area contributed by atoms with Crippen LogP contribution in [0.3, 0.4) is 0 Å². The Hall–Kier alpha value is -3.44. The predicted molar refractivity (Wildman–Crippen MR) is 123 cm³/mol. The van der Waals surface area contributed by atoms with Crippen LogP contribution >= 0.6 is 12.2 Å². The molecule has 0 spiro atoms. The molecule has 0 aliphatic heterocycles. The molecular weight excluding hydrogens is 364 g/mol. The maximum atomic E-state index is 5.11. The lowest BCUT2D eigenvalue weighted by Gasteiger charge is -2.25. The van der Waals surface area contributed by atoms with Crippen molar-refractivity contribution >= 4 is 40.6 Å². The zero-order chi connectivity index (χ0) is 19.6. The van der Waals surface area contributed by atoms with E-state index in [1.807, 2.05) is 48.5 Å². The van der Waals surface area contributed by atoms with Crippen LogP contribution in [0.4, 0.5) is 17.1 Å². The summed E-state index contributed by atoms with van der Waals surface area (Å²) in [6.07, 6.45) is 3.47. The summed E-state index contributed by atoms with van der Waals surface area (Å²) in [6, 6.07) is 28.8. The number of thiocarbonyl (C=S) groups is 1. The van der Waals surface area contributed by atoms with Gasteiger partial charge in [-0.25, -0.2) is 0 Å². The molecule has 3 aromatic carbocycles. The first-order valence-corrected chi connectivity index (χ1v) is 9.37. The van der Waals surface area contributed by atoms with Crippen molar-refractivity contribution in [3.8, 4) is 0 Å². The van der Waals surface area contributed by atoms with Crippen LogP contribution in [-0.2, 0) is 0 Å². The molecule has 0 atom stereocenters. The van der Waals surface area contributed by atoms with Crippen LogP contribution in [0.25, 0.3) is 0 Å². The van der Waals surface area contributed by atoms with Crippen molar-refractivity contribution in [3.05, 3.63) is 103 Å². The van der Waals surface area contributed by atoms with Gasteiger partial charge in [-0.2, -0.15) is 5.10 Å². The molecule has 5 heteroatoms. The minimum Gasteiger partial charge on any atom is -0.358 e. The maximum absolute atomic E-state index is 5.11. The van der Waals surface area contributed by atoms with Crippen LogP contribution in [0.15, 0.2) is 103 Å². The molecule has 0 bridgehead atoms. The number of anilines is 3. The summed E-state index contributed by atoms with van der Waals surface area (Å²) < 4.78 is 0. The second kappa shape index (κ2) is 10.0. The summed E-state index contributed by atoms with van der Waals surface area (Å²) in [5.74, 6) is 0. The van der Waals surface area contributed by atoms with Gasteiger partial charge in [-0.1, -0.05) is 54.6 Å². The molecule has 0 aliphatic rings. The fourth-order valence-corrected chi connectivity index (χ4v) is 2.82. The molecule has 3 rings (SSSR count). The smallest absolute Gasteiger partial charge is 0.187 e. The predicted octanol–water partition coefficient (Wildman–Crippen LogP) is 5.14. The lowest BCUT2D eigenvalue weighted by atomic mass is 10.1. The van der Waals surface area contributed by atoms with E-state index in [-0.39, 0.29) is 0 Å². The van der Waals surface area contributed by atoms with Gasteiger partial charge in [0.05, 0.1) is 6.21 Å². The van der Waals surface area contributed by atoms with E-state index < -0.39 is 0 Å². The Morgan fingerprint density at radius 3 is 1.93 bits per heavy atom. The Balaban J connectivity index is 1.77. The monoisotopic (exact) mass is 386 g/mol. The molecule has 0 saturated carbocycles. The highest BCUT2D eigenvalue weighted by molar-refractivity contribution is 7.80. The number of nitrogens with zero attached hydrogens (tertiary/aromatic N) is 2. The van der Waals surface area contributed by atoms with E-state index in [0.29, 0.717) is 11.7 Å². The molecule has 4 nitrogen and oxygen atoms in total. The third-order valence-corrected chi connectivity index (χ3v) is 4.20. The minimum absolute atomic E-state index is 0.465. The van der Waals surface area contributed by atoms with Crippen LogP contribution in [-0.4, -0.2) is 17.9 Å². The van der Waals surface area contributed by atoms with E-state index in [1.165, 1.54) is 0 Å². The van der Waals surface area contributed by atoms with Crippen LogP contribution < -0.4 is 15.6 Å². The molecule has 0 radical (unpaired) electrons. The van der Waals surface area contributed by atoms with Crippen molar-refractivity contribution in [3.63, 3.8) is 0 Å². The number of hydrazone groups is 1. The van der Waals surface area contributed by atoms with Crippen LogP contribution in [0, 0.1) is 0 Å². The average Bonchev–Trinajstić information content (AvgIpc) is 2.75. The SMILES string of the molecule is C=CCNC(=S)NN=Cc1ccc(N(c2ccccc2)c2ccccc2)cc1. The molecule has 140 valence electrons. The zero-order valence-electron chi connectivity index (χ0n) is 15.5. The topological polar surface area (TPSA) is 39.7 Å². The van der Waals surface area contributed by atoms with Gasteiger partial charge in [0.15, 0.2) is 5.11 Å². The summed E-state index contributed by atoms with van der Waals surface area (Å²) in [4.78, 5) is 2.22. The molecule has 3 aromatic rings. The first kappa shape index (κ1) is 19.3. The Morgan fingerprint density at radius 1 is 0.857 bits per heavy atom. The molecule has 0 fully saturated rings. The lowest BCUT2D eigenvalue weighted by Crippen LogP contribution is -2.31.